The fourth-order valence-corrected chi connectivity index (χ4v) is 11.3. The van der Waals surface area contributed by atoms with Gasteiger partial charge in [-0.15, -0.1) is 0 Å². The number of aliphatic hydroxyl groups is 2. The number of nitrogens with zero attached hydrogens (tertiary/aromatic N) is 3. The summed E-state index contributed by atoms with van der Waals surface area (Å²) < 4.78 is 0. The van der Waals surface area contributed by atoms with Gasteiger partial charge in [0, 0.05) is 45.2 Å². The Hall–Kier alpha value is -1.71. The van der Waals surface area contributed by atoms with E-state index >= 15 is 0 Å². The van der Waals surface area contributed by atoms with Crippen molar-refractivity contribution < 1.29 is 24.6 Å². The molecule has 2 heterocycles. The number of rotatable bonds is 8. The van der Waals surface area contributed by atoms with Crippen LogP contribution in [-0.2, 0) is 14.4 Å². The normalized spacial score (nSPS) is 41.7. The summed E-state index contributed by atoms with van der Waals surface area (Å²) in [7, 11) is 0. The molecule has 45 heavy (non-hydrogen) atoms. The van der Waals surface area contributed by atoms with Crippen LogP contribution in [0.4, 0.5) is 0 Å². The zero-order valence-electron chi connectivity index (χ0n) is 28.2. The lowest BCUT2D eigenvalue weighted by Crippen LogP contribution is -2.63. The van der Waals surface area contributed by atoms with Crippen LogP contribution in [0.2, 0.25) is 0 Å². The molecule has 0 spiro atoms. The Morgan fingerprint density at radius 1 is 0.867 bits per heavy atom. The summed E-state index contributed by atoms with van der Waals surface area (Å²) >= 11 is 0. The van der Waals surface area contributed by atoms with Gasteiger partial charge in [-0.2, -0.15) is 0 Å². The molecule has 6 fully saturated rings. The van der Waals surface area contributed by atoms with Crippen LogP contribution in [0.5, 0.6) is 0 Å². The fraction of sp³-hybridized carbons (Fsp3) is 0.917. The Balaban J connectivity index is 1.03. The number of hydrogen-bond donors (Lipinski definition) is 3. The van der Waals surface area contributed by atoms with Crippen molar-refractivity contribution in [1.29, 1.82) is 0 Å². The number of carbonyl (C=O) groups excluding carboxylic acids is 3. The van der Waals surface area contributed by atoms with Crippen LogP contribution in [-0.4, -0.2) is 106 Å². The molecule has 9 heteroatoms. The molecule has 0 bridgehead atoms. The zero-order valence-corrected chi connectivity index (χ0v) is 28.2. The number of unbranched alkanes of at least 4 members (excludes halogenated alkanes) is 2. The Bertz CT molecular complexity index is 1100. The number of likely N-dealkylation sites (tertiary alicyclic amines) is 1. The maximum absolute atomic E-state index is 13.7. The van der Waals surface area contributed by atoms with Crippen LogP contribution in [0, 0.1) is 34.5 Å². The molecule has 6 aliphatic rings. The summed E-state index contributed by atoms with van der Waals surface area (Å²) in [5.41, 5.74) is 0.299. The summed E-state index contributed by atoms with van der Waals surface area (Å²) in [6, 6.07) is -0.318. The minimum atomic E-state index is -0.439. The smallest absolute Gasteiger partial charge is 0.245 e. The van der Waals surface area contributed by atoms with E-state index in [0.717, 1.165) is 64.5 Å². The topological polar surface area (TPSA) is 113 Å². The number of amides is 3. The molecule has 2 aliphatic heterocycles. The molecule has 4 aliphatic carbocycles. The Labute approximate surface area is 270 Å². The van der Waals surface area contributed by atoms with Crippen molar-refractivity contribution >= 4 is 17.7 Å². The van der Waals surface area contributed by atoms with E-state index in [4.69, 9.17) is 0 Å². The fourth-order valence-electron chi connectivity index (χ4n) is 11.3. The lowest BCUT2D eigenvalue weighted by Gasteiger charge is -2.62. The van der Waals surface area contributed by atoms with Crippen molar-refractivity contribution in [3.05, 3.63) is 0 Å². The van der Waals surface area contributed by atoms with Crippen molar-refractivity contribution in [2.75, 3.05) is 39.3 Å². The first-order chi connectivity index (χ1) is 21.6. The molecule has 6 rings (SSSR count). The number of piperazine rings is 1. The van der Waals surface area contributed by atoms with E-state index in [9.17, 15) is 24.6 Å². The second-order valence-electron chi connectivity index (χ2n) is 16.2. The lowest BCUT2D eigenvalue weighted by atomic mass is 9.44. The number of aliphatic hydroxyl groups excluding tert-OH is 2. The largest absolute Gasteiger partial charge is 0.393 e. The Kier molecular flexibility index (Phi) is 9.90. The standard InChI is InChI=1S/C36H60N4O5/c1-4-5-6-9-32(43)37-23-33(44)40-16-7-8-28(40)34(45)39-19-17-38(18-20-39)29-22-36(3)24(21-30(29)41)10-11-25-26-12-13-31(42)35(26,2)15-14-27(25)36/h24-31,41-42H,4-23H2,1-3H3,(H,37,43)/t24-,25-,26-,27-,28-,29-,30-,31-,35-,36-/m0/s1. The molecule has 0 aromatic heterocycles. The van der Waals surface area contributed by atoms with Gasteiger partial charge in [-0.25, -0.2) is 0 Å². The first-order valence-electron chi connectivity index (χ1n) is 18.5. The molecular formula is C36H60N4O5. The lowest BCUT2D eigenvalue weighted by molar-refractivity contribution is -0.158. The molecule has 2 saturated heterocycles. The minimum absolute atomic E-state index is 0.0325. The Morgan fingerprint density at radius 2 is 1.62 bits per heavy atom. The van der Waals surface area contributed by atoms with Crippen LogP contribution < -0.4 is 5.32 Å². The van der Waals surface area contributed by atoms with Crippen LogP contribution in [0.3, 0.4) is 0 Å². The third-order valence-electron chi connectivity index (χ3n) is 14.0. The van der Waals surface area contributed by atoms with Gasteiger partial charge in [0.2, 0.25) is 17.7 Å². The van der Waals surface area contributed by atoms with E-state index < -0.39 is 6.04 Å². The van der Waals surface area contributed by atoms with E-state index in [2.05, 4.69) is 31.0 Å². The highest BCUT2D eigenvalue weighted by Crippen LogP contribution is 2.66. The summed E-state index contributed by atoms with van der Waals surface area (Å²) in [6.07, 6.45) is 13.1. The second-order valence-corrected chi connectivity index (χ2v) is 16.2. The SMILES string of the molecule is CCCCCC(=O)NCC(=O)N1CCC[C@H]1C(=O)N1CCN([C@H]2C[C@@]3(C)[C@@H](CC[C@@H]4[C@@H]3CC[C@]3(C)[C@@H](O)CC[C@@H]43)C[C@@H]2O)CC1. The van der Waals surface area contributed by atoms with Crippen molar-refractivity contribution in [1.82, 2.24) is 20.0 Å². The summed E-state index contributed by atoms with van der Waals surface area (Å²) in [6.45, 7) is 10.3. The van der Waals surface area contributed by atoms with E-state index in [1.807, 2.05) is 4.90 Å². The van der Waals surface area contributed by atoms with E-state index in [-0.39, 0.29) is 53.3 Å². The highest BCUT2D eigenvalue weighted by molar-refractivity contribution is 5.90. The minimum Gasteiger partial charge on any atom is -0.393 e. The zero-order chi connectivity index (χ0) is 31.9. The maximum Gasteiger partial charge on any atom is 0.245 e. The van der Waals surface area contributed by atoms with E-state index in [1.54, 1.807) is 4.90 Å². The van der Waals surface area contributed by atoms with E-state index in [0.29, 0.717) is 56.1 Å². The van der Waals surface area contributed by atoms with Crippen molar-refractivity contribution in [2.45, 2.75) is 135 Å². The predicted molar refractivity (Wildman–Crippen MR) is 173 cm³/mol. The van der Waals surface area contributed by atoms with Crippen LogP contribution >= 0.6 is 0 Å². The molecule has 3 N–H and O–H groups in total. The molecule has 0 aromatic rings. The van der Waals surface area contributed by atoms with E-state index in [1.165, 1.54) is 25.7 Å². The Morgan fingerprint density at radius 3 is 2.38 bits per heavy atom. The van der Waals surface area contributed by atoms with Gasteiger partial charge in [0.25, 0.3) is 0 Å². The third kappa shape index (κ3) is 6.19. The highest BCUT2D eigenvalue weighted by atomic mass is 16.3. The number of carbonyl (C=O) groups is 3. The molecule has 0 aromatic carbocycles. The van der Waals surface area contributed by atoms with Gasteiger partial charge in [-0.3, -0.25) is 19.3 Å². The van der Waals surface area contributed by atoms with Gasteiger partial charge < -0.3 is 25.3 Å². The van der Waals surface area contributed by atoms with Gasteiger partial charge in [-0.05, 0) is 105 Å². The van der Waals surface area contributed by atoms with Crippen LogP contribution in [0.15, 0.2) is 0 Å². The molecule has 10 atom stereocenters. The van der Waals surface area contributed by atoms with Crippen molar-refractivity contribution in [3.63, 3.8) is 0 Å². The third-order valence-corrected chi connectivity index (χ3v) is 14.0. The van der Waals surface area contributed by atoms with Gasteiger partial charge in [-0.1, -0.05) is 33.6 Å². The molecule has 3 amide bonds. The molecule has 9 nitrogen and oxygen atoms in total. The van der Waals surface area contributed by atoms with Gasteiger partial charge in [0.15, 0.2) is 0 Å². The van der Waals surface area contributed by atoms with Crippen molar-refractivity contribution in [2.24, 2.45) is 34.5 Å². The highest BCUT2D eigenvalue weighted by Gasteiger charge is 2.61. The van der Waals surface area contributed by atoms with Crippen molar-refractivity contribution in [3.8, 4) is 0 Å². The quantitative estimate of drug-likeness (QED) is 0.355. The van der Waals surface area contributed by atoms with Gasteiger partial charge >= 0.3 is 0 Å². The molecule has 0 unspecified atom stereocenters. The number of nitrogens with one attached hydrogen (secondary N) is 1. The van der Waals surface area contributed by atoms with Gasteiger partial charge in [0.1, 0.15) is 6.04 Å². The monoisotopic (exact) mass is 628 g/mol. The number of fused-ring (bicyclic) bond motifs is 5. The van der Waals surface area contributed by atoms with Gasteiger partial charge in [0.05, 0.1) is 18.8 Å². The average Bonchev–Trinajstić information content (AvgIpc) is 3.64. The van der Waals surface area contributed by atoms with Crippen LogP contribution in [0.25, 0.3) is 0 Å². The first-order valence-corrected chi connectivity index (χ1v) is 18.5. The summed E-state index contributed by atoms with van der Waals surface area (Å²) in [4.78, 5) is 44.9. The maximum atomic E-state index is 13.7. The molecule has 254 valence electrons. The molecule has 4 saturated carbocycles. The molecule has 0 radical (unpaired) electrons. The summed E-state index contributed by atoms with van der Waals surface area (Å²) in [5.74, 6) is 2.34. The van der Waals surface area contributed by atoms with Crippen LogP contribution in [0.1, 0.15) is 111 Å². The average molecular weight is 629 g/mol. The predicted octanol–water partition coefficient (Wildman–Crippen LogP) is 3.56. The first kappa shape index (κ1) is 33.2. The second kappa shape index (κ2) is 13.4. The molecular weight excluding hydrogens is 568 g/mol. The summed E-state index contributed by atoms with van der Waals surface area (Å²) in [5, 5.41) is 25.1. The number of hydrogen-bond acceptors (Lipinski definition) is 6.